The van der Waals surface area contributed by atoms with Gasteiger partial charge in [0.25, 0.3) is 11.8 Å². The smallest absolute Gasteiger partial charge is 0.262 e. The van der Waals surface area contributed by atoms with Gasteiger partial charge < -0.3 is 24.2 Å². The highest BCUT2D eigenvalue weighted by Crippen LogP contribution is 2.34. The molecule has 1 atom stereocenters. The van der Waals surface area contributed by atoms with Crippen molar-refractivity contribution >= 4 is 47.1 Å². The van der Waals surface area contributed by atoms with Gasteiger partial charge in [-0.05, 0) is 91.8 Å². The Hall–Kier alpha value is -5.47. The first-order valence-electron chi connectivity index (χ1n) is 20.9. The van der Waals surface area contributed by atoms with E-state index in [4.69, 9.17) is 14.2 Å². The van der Waals surface area contributed by atoms with Crippen LogP contribution in [-0.4, -0.2) is 77.2 Å². The number of carbonyl (C=O) groups excluding carboxylic acids is 4. The molecule has 1 unspecified atom stereocenters. The van der Waals surface area contributed by atoms with Gasteiger partial charge in [0.15, 0.2) is 5.82 Å². The summed E-state index contributed by atoms with van der Waals surface area (Å²) in [4.78, 5) is 59.5. The Kier molecular flexibility index (Phi) is 15.9. The maximum Gasteiger partial charge on any atom is 0.262 e. The summed E-state index contributed by atoms with van der Waals surface area (Å²) in [6.07, 6.45) is 12.4. The molecule has 60 heavy (non-hydrogen) atoms. The molecule has 3 heterocycles. The van der Waals surface area contributed by atoms with Crippen LogP contribution in [-0.2, 0) is 26.3 Å². The fourth-order valence-electron chi connectivity index (χ4n) is 7.33. The van der Waals surface area contributed by atoms with Crippen LogP contribution in [0.25, 0.3) is 0 Å². The second kappa shape index (κ2) is 21.7. The van der Waals surface area contributed by atoms with Crippen LogP contribution in [0.5, 0.6) is 11.5 Å². The molecule has 14 heteroatoms. The number of ether oxygens (including phenoxy) is 3. The molecule has 6 rings (SSSR count). The van der Waals surface area contributed by atoms with Gasteiger partial charge in [-0.1, -0.05) is 75.7 Å². The predicted molar refractivity (Wildman–Crippen MR) is 233 cm³/mol. The second-order valence-corrected chi connectivity index (χ2v) is 16.2. The number of aromatic nitrogens is 2. The topological polar surface area (TPSA) is 161 Å². The summed E-state index contributed by atoms with van der Waals surface area (Å²) in [6.45, 7) is 7.61. The van der Waals surface area contributed by atoms with E-state index in [1.807, 2.05) is 24.5 Å². The normalized spacial score (nSPS) is 15.2. The van der Waals surface area contributed by atoms with E-state index >= 15 is 0 Å². The van der Waals surface area contributed by atoms with Crippen LogP contribution in [0.3, 0.4) is 0 Å². The third-order valence-corrected chi connectivity index (χ3v) is 11.3. The maximum atomic E-state index is 13.0. The molecular weight excluding hydrogens is 781 g/mol. The quantitative estimate of drug-likeness (QED) is 0.0354. The Morgan fingerprint density at radius 3 is 2.08 bits per heavy atom. The molecule has 1 saturated heterocycles. The molecule has 1 aromatic heterocycles. The lowest BCUT2D eigenvalue weighted by molar-refractivity contribution is -0.136. The number of imide groups is 2. The summed E-state index contributed by atoms with van der Waals surface area (Å²) in [7, 11) is 0. The number of hydrogen-bond donors (Lipinski definition) is 3. The van der Waals surface area contributed by atoms with Crippen LogP contribution in [0.15, 0.2) is 79.0 Å². The van der Waals surface area contributed by atoms with Crippen LogP contribution in [0.1, 0.15) is 116 Å². The zero-order valence-corrected chi connectivity index (χ0v) is 35.6. The molecule has 3 aromatic carbocycles. The molecule has 0 saturated carbocycles. The van der Waals surface area contributed by atoms with Gasteiger partial charge in [0.05, 0.1) is 17.7 Å². The molecule has 318 valence electrons. The van der Waals surface area contributed by atoms with E-state index in [1.54, 1.807) is 24.4 Å². The predicted octanol–water partition coefficient (Wildman–Crippen LogP) is 8.10. The standard InChI is InChI=1S/C46H56N6O7S/c1-46(2,33-14-19-36(20-15-33)59-31-41-48-26-24-40(49-41)51-60-3)32-12-17-35(18-13-32)58-29-10-7-5-4-6-9-27-57-28-11-8-25-47-34-16-21-37-38(30-34)45(56)52(44(37)55)39-22-23-42(53)50-43(39)54/h12-21,24,26,30,39,47H,4-11,22-23,25,27-29,31H2,1-3H3,(H,48,49,51)(H,50,53,54). The monoisotopic (exact) mass is 836 g/mol. The zero-order valence-electron chi connectivity index (χ0n) is 34.8. The molecule has 1 fully saturated rings. The van der Waals surface area contributed by atoms with Crippen molar-refractivity contribution in [2.75, 3.05) is 42.7 Å². The minimum Gasteiger partial charge on any atom is -0.494 e. The number of carbonyl (C=O) groups is 4. The van der Waals surface area contributed by atoms with Gasteiger partial charge in [0, 0.05) is 49.7 Å². The molecular formula is C46H56N6O7S. The van der Waals surface area contributed by atoms with Gasteiger partial charge >= 0.3 is 0 Å². The fourth-order valence-corrected chi connectivity index (χ4v) is 7.65. The van der Waals surface area contributed by atoms with Crippen LogP contribution >= 0.6 is 11.9 Å². The number of fused-ring (bicyclic) bond motifs is 1. The Balaban J connectivity index is 0.770. The van der Waals surface area contributed by atoms with E-state index in [0.29, 0.717) is 32.2 Å². The van der Waals surface area contributed by atoms with Gasteiger partial charge in [0.2, 0.25) is 11.8 Å². The van der Waals surface area contributed by atoms with Gasteiger partial charge in [-0.15, -0.1) is 0 Å². The molecule has 0 aliphatic carbocycles. The maximum absolute atomic E-state index is 13.0. The Labute approximate surface area is 356 Å². The lowest BCUT2D eigenvalue weighted by atomic mass is 9.78. The highest BCUT2D eigenvalue weighted by Gasteiger charge is 2.44. The second-order valence-electron chi connectivity index (χ2n) is 15.6. The van der Waals surface area contributed by atoms with E-state index in [0.717, 1.165) is 73.0 Å². The lowest BCUT2D eigenvalue weighted by Gasteiger charge is -2.27. The van der Waals surface area contributed by atoms with Crippen molar-refractivity contribution in [2.24, 2.45) is 0 Å². The minimum atomic E-state index is -0.966. The molecule has 3 N–H and O–H groups in total. The number of rotatable bonds is 24. The summed E-state index contributed by atoms with van der Waals surface area (Å²) in [5.74, 6) is 1.04. The van der Waals surface area contributed by atoms with Gasteiger partial charge in [-0.25, -0.2) is 9.97 Å². The molecule has 2 aliphatic heterocycles. The first-order chi connectivity index (χ1) is 29.1. The number of piperidine rings is 1. The molecule has 0 radical (unpaired) electrons. The highest BCUT2D eigenvalue weighted by molar-refractivity contribution is 7.99. The average Bonchev–Trinajstić information content (AvgIpc) is 3.49. The van der Waals surface area contributed by atoms with Crippen molar-refractivity contribution in [1.29, 1.82) is 0 Å². The summed E-state index contributed by atoms with van der Waals surface area (Å²) in [6, 6.07) is 22.6. The molecule has 4 amide bonds. The number of anilines is 2. The van der Waals surface area contributed by atoms with Crippen LogP contribution < -0.4 is 24.8 Å². The van der Waals surface area contributed by atoms with E-state index in [9.17, 15) is 19.2 Å². The SMILES string of the molecule is CSNc1ccnc(COc2ccc(C(C)(C)c3ccc(OCCCCCCCCOCCCCNc4ccc5c(c4)C(=O)N(C4CCC(=O)NC4=O)C5=O)cc3)cc2)n1. The van der Waals surface area contributed by atoms with E-state index < -0.39 is 29.7 Å². The number of nitrogens with one attached hydrogen (secondary N) is 3. The Bertz CT molecular complexity index is 2080. The summed E-state index contributed by atoms with van der Waals surface area (Å²) >= 11 is 1.49. The minimum absolute atomic E-state index is 0.0943. The number of nitrogens with zero attached hydrogens (tertiary/aromatic N) is 3. The van der Waals surface area contributed by atoms with Crippen LogP contribution in [0.4, 0.5) is 11.5 Å². The fraction of sp³-hybridized carbons (Fsp3) is 0.435. The number of amides is 4. The molecule has 4 aromatic rings. The van der Waals surface area contributed by atoms with Crippen LogP contribution in [0.2, 0.25) is 0 Å². The van der Waals surface area contributed by atoms with Crippen molar-refractivity contribution in [2.45, 2.75) is 96.1 Å². The first-order valence-corrected chi connectivity index (χ1v) is 22.1. The molecule has 0 bridgehead atoms. The number of hydrogen-bond acceptors (Lipinski definition) is 12. The van der Waals surface area contributed by atoms with Gasteiger partial charge in [-0.2, -0.15) is 0 Å². The average molecular weight is 837 g/mol. The Morgan fingerprint density at radius 1 is 0.767 bits per heavy atom. The number of unbranched alkanes of at least 4 members (excludes halogenated alkanes) is 6. The van der Waals surface area contributed by atoms with E-state index in [-0.39, 0.29) is 29.4 Å². The summed E-state index contributed by atoms with van der Waals surface area (Å²) < 4.78 is 21.0. The van der Waals surface area contributed by atoms with Crippen molar-refractivity contribution in [1.82, 2.24) is 20.2 Å². The van der Waals surface area contributed by atoms with Crippen LogP contribution in [0, 0.1) is 0 Å². The molecule has 2 aliphatic rings. The Morgan fingerprint density at radius 2 is 1.40 bits per heavy atom. The van der Waals surface area contributed by atoms with E-state index in [2.05, 4.69) is 75.6 Å². The van der Waals surface area contributed by atoms with Crippen molar-refractivity contribution in [3.8, 4) is 11.5 Å². The summed E-state index contributed by atoms with van der Waals surface area (Å²) in [5, 5.41) is 5.53. The molecule has 0 spiro atoms. The first kappa shape index (κ1) is 44.1. The van der Waals surface area contributed by atoms with Gasteiger partial charge in [0.1, 0.15) is 30.0 Å². The van der Waals surface area contributed by atoms with Crippen molar-refractivity contribution in [3.05, 3.63) is 107 Å². The van der Waals surface area contributed by atoms with Crippen molar-refractivity contribution < 1.29 is 33.4 Å². The lowest BCUT2D eigenvalue weighted by Crippen LogP contribution is -2.54. The third kappa shape index (κ3) is 11.8. The largest absolute Gasteiger partial charge is 0.494 e. The zero-order chi connectivity index (χ0) is 42.3. The highest BCUT2D eigenvalue weighted by atomic mass is 32.2. The molecule has 13 nitrogen and oxygen atoms in total. The van der Waals surface area contributed by atoms with Gasteiger partial charge in [-0.3, -0.25) is 29.4 Å². The third-order valence-electron chi connectivity index (χ3n) is 10.9. The number of benzene rings is 3. The summed E-state index contributed by atoms with van der Waals surface area (Å²) in [5.41, 5.74) is 3.51. The van der Waals surface area contributed by atoms with Crippen molar-refractivity contribution in [3.63, 3.8) is 0 Å². The van der Waals surface area contributed by atoms with E-state index in [1.165, 1.54) is 35.9 Å².